The highest BCUT2D eigenvalue weighted by molar-refractivity contribution is 7.89. The highest BCUT2D eigenvalue weighted by Crippen LogP contribution is 2.44. The number of aromatic nitrogens is 4. The van der Waals surface area contributed by atoms with Gasteiger partial charge in [0, 0.05) is 5.56 Å². The lowest BCUT2D eigenvalue weighted by molar-refractivity contribution is -0.198. The van der Waals surface area contributed by atoms with Crippen LogP contribution >= 0.6 is 0 Å². The molecule has 2 fully saturated rings. The second-order valence-corrected chi connectivity index (χ2v) is 12.7. The average molecular weight is 598 g/mol. The van der Waals surface area contributed by atoms with Gasteiger partial charge in [0.1, 0.15) is 30.2 Å². The number of amides is 1. The normalized spacial score (nSPS) is 23.3. The van der Waals surface area contributed by atoms with Crippen LogP contribution in [0.1, 0.15) is 46.4 Å². The molecule has 0 aliphatic carbocycles. The van der Waals surface area contributed by atoms with Crippen LogP contribution in [0.5, 0.6) is 0 Å². The van der Waals surface area contributed by atoms with Crippen LogP contribution in [0.2, 0.25) is 0 Å². The van der Waals surface area contributed by atoms with Crippen molar-refractivity contribution in [1.82, 2.24) is 19.5 Å². The maximum atomic E-state index is 13.5. The Bertz CT molecular complexity index is 1670. The van der Waals surface area contributed by atoms with E-state index in [0.717, 1.165) is 0 Å². The van der Waals surface area contributed by atoms with Crippen LogP contribution in [0.15, 0.2) is 48.9 Å². The van der Waals surface area contributed by atoms with Crippen LogP contribution < -0.4 is 4.90 Å². The van der Waals surface area contributed by atoms with E-state index in [1.807, 2.05) is 0 Å². The third kappa shape index (κ3) is 5.87. The van der Waals surface area contributed by atoms with Crippen LogP contribution in [-0.4, -0.2) is 70.3 Å². The Labute approximate surface area is 243 Å². The molecule has 0 bridgehead atoms. The molecule has 3 aromatic rings. The van der Waals surface area contributed by atoms with E-state index in [9.17, 15) is 13.2 Å². The molecule has 14 heteroatoms. The third-order valence-corrected chi connectivity index (χ3v) is 7.27. The van der Waals surface area contributed by atoms with Crippen LogP contribution in [-0.2, 0) is 33.2 Å². The van der Waals surface area contributed by atoms with Gasteiger partial charge in [-0.3, -0.25) is 8.75 Å². The molecule has 2 aromatic heterocycles. The van der Waals surface area contributed by atoms with Crippen molar-refractivity contribution in [3.05, 3.63) is 54.5 Å². The summed E-state index contributed by atoms with van der Waals surface area (Å²) in [6.07, 6.45) is 4.73. The molecule has 4 heterocycles. The van der Waals surface area contributed by atoms with Crippen LogP contribution in [0.3, 0.4) is 0 Å². The first kappa shape index (κ1) is 29.6. The maximum absolute atomic E-state index is 13.5. The molecule has 5 rings (SSSR count). The molecule has 0 unspecified atom stereocenters. The molecule has 42 heavy (non-hydrogen) atoms. The number of fused-ring (bicyclic) bond motifs is 2. The van der Waals surface area contributed by atoms with Crippen molar-refractivity contribution < 1.29 is 36.3 Å². The number of benzene rings is 1. The van der Waals surface area contributed by atoms with Crippen molar-refractivity contribution in [1.29, 1.82) is 0 Å². The molecule has 0 radical (unpaired) electrons. The number of hydrogen-bond donors (Lipinski definition) is 0. The van der Waals surface area contributed by atoms with Crippen LogP contribution in [0.4, 0.5) is 16.3 Å². The number of carbonyl (C=O) groups excluding carboxylic acids is 1. The van der Waals surface area contributed by atoms with Gasteiger partial charge in [-0.05, 0) is 52.8 Å². The second-order valence-electron chi connectivity index (χ2n) is 11.1. The van der Waals surface area contributed by atoms with Gasteiger partial charge in [0.15, 0.2) is 29.0 Å². The smallest absolute Gasteiger partial charge is 0.420 e. The Morgan fingerprint density at radius 2 is 1.98 bits per heavy atom. The molecule has 2 aliphatic rings. The summed E-state index contributed by atoms with van der Waals surface area (Å²) < 4.78 is 54.6. The van der Waals surface area contributed by atoms with Crippen molar-refractivity contribution in [3.8, 4) is 12.3 Å². The summed E-state index contributed by atoms with van der Waals surface area (Å²) in [6.45, 7) is 11.7. The molecule has 2 aliphatic heterocycles. The van der Waals surface area contributed by atoms with E-state index in [-0.39, 0.29) is 17.9 Å². The average Bonchev–Trinajstić information content (AvgIpc) is 3.58. The highest BCUT2D eigenvalue weighted by atomic mass is 32.2. The molecule has 0 saturated carbocycles. The van der Waals surface area contributed by atoms with Crippen LogP contribution in [0.25, 0.3) is 11.2 Å². The summed E-state index contributed by atoms with van der Waals surface area (Å²) in [5.41, 5.74) is 0.747. The van der Waals surface area contributed by atoms with Crippen molar-refractivity contribution in [2.45, 2.75) is 70.5 Å². The van der Waals surface area contributed by atoms with Gasteiger partial charge in [-0.25, -0.2) is 24.6 Å². The summed E-state index contributed by atoms with van der Waals surface area (Å²) in [5.74, 6) is 1.75. The fourth-order valence-corrected chi connectivity index (χ4v) is 5.19. The van der Waals surface area contributed by atoms with Gasteiger partial charge in [0.25, 0.3) is 10.1 Å². The SMILES string of the molecule is C#Cc1cccc(N(C(=O)OC(C)(C)C)c2ncnc3c2ncn3[C@@H]2O[C@H](COS(=O)(=O)C=C)[C@H]3OC(C)(C)O[C@H]32)c1. The summed E-state index contributed by atoms with van der Waals surface area (Å²) >= 11 is 0. The third-order valence-electron chi connectivity index (χ3n) is 6.40. The van der Waals surface area contributed by atoms with Crippen molar-refractivity contribution in [2.75, 3.05) is 11.5 Å². The van der Waals surface area contributed by atoms with E-state index in [1.54, 1.807) is 63.5 Å². The minimum absolute atomic E-state index is 0.151. The maximum Gasteiger partial charge on any atom is 0.420 e. The quantitative estimate of drug-likeness (QED) is 0.290. The highest BCUT2D eigenvalue weighted by Gasteiger charge is 2.56. The summed E-state index contributed by atoms with van der Waals surface area (Å²) in [6, 6.07) is 6.82. The number of terminal acetylenes is 1. The van der Waals surface area contributed by atoms with E-state index in [4.69, 9.17) is 29.6 Å². The minimum atomic E-state index is -3.95. The van der Waals surface area contributed by atoms with Crippen molar-refractivity contribution in [3.63, 3.8) is 0 Å². The minimum Gasteiger partial charge on any atom is -0.443 e. The van der Waals surface area contributed by atoms with E-state index in [2.05, 4.69) is 27.5 Å². The topological polar surface area (TPSA) is 144 Å². The number of hydrogen-bond acceptors (Lipinski definition) is 11. The van der Waals surface area contributed by atoms with Crippen LogP contribution in [0, 0.1) is 12.3 Å². The van der Waals surface area contributed by atoms with Gasteiger partial charge in [-0.1, -0.05) is 18.6 Å². The Balaban J connectivity index is 1.56. The summed E-state index contributed by atoms with van der Waals surface area (Å²) in [7, 11) is -3.95. The Morgan fingerprint density at radius 1 is 1.24 bits per heavy atom. The lowest BCUT2D eigenvalue weighted by Crippen LogP contribution is -2.34. The number of carbonyl (C=O) groups is 1. The van der Waals surface area contributed by atoms with Crippen molar-refractivity contribution >= 4 is 38.9 Å². The predicted octanol–water partition coefficient (Wildman–Crippen LogP) is 3.79. The molecule has 1 aromatic carbocycles. The Kier molecular flexibility index (Phi) is 7.58. The van der Waals surface area contributed by atoms with Gasteiger partial charge >= 0.3 is 6.09 Å². The number of rotatable bonds is 7. The van der Waals surface area contributed by atoms with Gasteiger partial charge in [0.05, 0.1) is 24.0 Å². The molecule has 2 saturated heterocycles. The van der Waals surface area contributed by atoms with Gasteiger partial charge in [-0.15, -0.1) is 6.42 Å². The number of anilines is 2. The molecular weight excluding hydrogens is 566 g/mol. The fraction of sp³-hybridized carbons (Fsp3) is 0.429. The van der Waals surface area contributed by atoms with E-state index < -0.39 is 52.1 Å². The molecule has 4 atom stereocenters. The summed E-state index contributed by atoms with van der Waals surface area (Å²) in [5, 5.41) is 0.713. The standard InChI is InChI=1S/C28H31N5O8S/c1-8-17-11-10-12-18(13-17)33(26(34)41-27(3,4)5)24-20-23(29-15-30-24)32(16-31-20)25-22-21(39-28(6,7)40-22)19(38-25)14-37-42(35,36)9-2/h1,9-13,15-16,19,21-22,25H,2,14H2,3-7H3/t19-,21-,22-,25-/m1/s1. The molecular formula is C28H31N5O8S. The molecule has 0 N–H and O–H groups in total. The zero-order valence-electron chi connectivity index (χ0n) is 23.8. The summed E-state index contributed by atoms with van der Waals surface area (Å²) in [4.78, 5) is 28.2. The first-order chi connectivity index (χ1) is 19.7. The van der Waals surface area contributed by atoms with E-state index in [0.29, 0.717) is 22.3 Å². The first-order valence-corrected chi connectivity index (χ1v) is 14.5. The van der Waals surface area contributed by atoms with Gasteiger partial charge in [0.2, 0.25) is 0 Å². The number of nitrogens with zero attached hydrogens (tertiary/aromatic N) is 5. The number of imidazole rings is 1. The molecule has 0 spiro atoms. The van der Waals surface area contributed by atoms with Crippen molar-refractivity contribution in [2.24, 2.45) is 0 Å². The lowest BCUT2D eigenvalue weighted by atomic mass is 10.1. The Morgan fingerprint density at radius 3 is 2.67 bits per heavy atom. The first-order valence-electron chi connectivity index (χ1n) is 13.0. The van der Waals surface area contributed by atoms with E-state index in [1.165, 1.54) is 17.6 Å². The zero-order chi connectivity index (χ0) is 30.4. The largest absolute Gasteiger partial charge is 0.443 e. The van der Waals surface area contributed by atoms with E-state index >= 15 is 0 Å². The van der Waals surface area contributed by atoms with Gasteiger partial charge in [-0.2, -0.15) is 8.42 Å². The van der Waals surface area contributed by atoms with Gasteiger partial charge < -0.3 is 18.9 Å². The number of ether oxygens (including phenoxy) is 4. The lowest BCUT2D eigenvalue weighted by Gasteiger charge is -2.27. The second kappa shape index (κ2) is 10.8. The monoisotopic (exact) mass is 597 g/mol. The molecule has 1 amide bonds. The fourth-order valence-electron chi connectivity index (χ4n) is 4.77. The predicted molar refractivity (Wildman–Crippen MR) is 151 cm³/mol. The Hall–Kier alpha value is -3.87. The zero-order valence-corrected chi connectivity index (χ0v) is 24.6. The molecule has 13 nitrogen and oxygen atoms in total. The molecule has 222 valence electrons.